The Bertz CT molecular complexity index is 510. The van der Waals surface area contributed by atoms with Crippen LogP contribution >= 0.6 is 11.3 Å². The van der Waals surface area contributed by atoms with Gasteiger partial charge >= 0.3 is 0 Å². The van der Waals surface area contributed by atoms with Crippen molar-refractivity contribution in [1.29, 1.82) is 0 Å². The van der Waals surface area contributed by atoms with Crippen LogP contribution in [0, 0.1) is 0 Å². The van der Waals surface area contributed by atoms with Gasteiger partial charge in [0.2, 0.25) is 0 Å². The summed E-state index contributed by atoms with van der Waals surface area (Å²) < 4.78 is 0. The molecule has 0 spiro atoms. The highest BCUT2D eigenvalue weighted by atomic mass is 32.1. The highest BCUT2D eigenvalue weighted by molar-refractivity contribution is 7.10. The first-order valence-electron chi connectivity index (χ1n) is 9.51. The number of rotatable bonds is 8. The lowest BCUT2D eigenvalue weighted by Gasteiger charge is -2.31. The molecule has 1 aromatic heterocycles. The average molecular weight is 367 g/mol. The summed E-state index contributed by atoms with van der Waals surface area (Å²) in [6.07, 6.45) is 6.78. The minimum atomic E-state index is -0.921. The van der Waals surface area contributed by atoms with Crippen molar-refractivity contribution >= 4 is 17.3 Å². The van der Waals surface area contributed by atoms with Crippen LogP contribution < -0.4 is 10.6 Å². The Morgan fingerprint density at radius 3 is 2.76 bits per heavy atom. The van der Waals surface area contributed by atoms with Crippen LogP contribution in [-0.4, -0.2) is 55.2 Å². The quantitative estimate of drug-likeness (QED) is 0.489. The lowest BCUT2D eigenvalue weighted by atomic mass is 9.94. The van der Waals surface area contributed by atoms with Crippen LogP contribution in [0.4, 0.5) is 0 Å². The number of hydrogen-bond donors (Lipinski definition) is 3. The molecule has 2 rings (SSSR count). The summed E-state index contributed by atoms with van der Waals surface area (Å²) in [4.78, 5) is 8.00. The minimum absolute atomic E-state index is 0.349. The molecule has 1 unspecified atom stereocenters. The second kappa shape index (κ2) is 10.1. The number of guanidine groups is 1. The molecule has 0 amide bonds. The number of aliphatic hydroxyl groups is 1. The van der Waals surface area contributed by atoms with Crippen LogP contribution in [0.15, 0.2) is 22.5 Å². The smallest absolute Gasteiger partial charge is 0.191 e. The van der Waals surface area contributed by atoms with Gasteiger partial charge in [-0.25, -0.2) is 4.99 Å². The zero-order valence-corrected chi connectivity index (χ0v) is 16.7. The second-order valence-electron chi connectivity index (χ2n) is 7.15. The van der Waals surface area contributed by atoms with Crippen molar-refractivity contribution in [2.75, 3.05) is 33.2 Å². The zero-order valence-electron chi connectivity index (χ0n) is 15.9. The van der Waals surface area contributed by atoms with E-state index in [-0.39, 0.29) is 0 Å². The molecule has 1 saturated carbocycles. The molecule has 1 aromatic rings. The van der Waals surface area contributed by atoms with Gasteiger partial charge in [0.15, 0.2) is 5.96 Å². The van der Waals surface area contributed by atoms with Crippen LogP contribution in [0.3, 0.4) is 0 Å². The van der Waals surface area contributed by atoms with Crippen LogP contribution in [0.2, 0.25) is 0 Å². The molecular formula is C19H34N4OS. The molecule has 1 heterocycles. The minimum Gasteiger partial charge on any atom is -0.383 e. The molecule has 0 aromatic carbocycles. The zero-order chi connectivity index (χ0) is 18.1. The Labute approximate surface area is 156 Å². The highest BCUT2D eigenvalue weighted by Crippen LogP contribution is 2.25. The van der Waals surface area contributed by atoms with E-state index in [4.69, 9.17) is 0 Å². The third-order valence-corrected chi connectivity index (χ3v) is 6.02. The number of thiophene rings is 1. The summed E-state index contributed by atoms with van der Waals surface area (Å²) in [6.45, 7) is 6.91. The number of nitrogens with zero attached hydrogens (tertiary/aromatic N) is 2. The molecule has 0 aliphatic heterocycles. The molecule has 142 valence electrons. The first-order valence-corrected chi connectivity index (χ1v) is 10.4. The Kier molecular flexibility index (Phi) is 8.19. The summed E-state index contributed by atoms with van der Waals surface area (Å²) in [7, 11) is 2.23. The van der Waals surface area contributed by atoms with Gasteiger partial charge in [-0.3, -0.25) is 0 Å². The van der Waals surface area contributed by atoms with E-state index >= 15 is 0 Å². The lowest BCUT2D eigenvalue weighted by Crippen LogP contribution is -2.44. The maximum atomic E-state index is 10.6. The predicted octanol–water partition coefficient (Wildman–Crippen LogP) is 2.78. The SMILES string of the molecule is CCNC(=NCC(C)(O)c1cccs1)NCCN(C)C1CCCCC1. The standard InChI is InChI=1S/C19H34N4OS/c1-4-20-18(22-15-19(2,24)17-11-8-14-25-17)21-12-13-23(3)16-9-6-5-7-10-16/h8,11,14,16,24H,4-7,9-10,12-13,15H2,1-3H3,(H2,20,21,22). The van der Waals surface area contributed by atoms with E-state index in [1.165, 1.54) is 32.1 Å². The summed E-state index contributed by atoms with van der Waals surface area (Å²) in [6, 6.07) is 4.65. The Hall–Kier alpha value is -1.11. The fourth-order valence-electron chi connectivity index (χ4n) is 3.29. The van der Waals surface area contributed by atoms with Crippen molar-refractivity contribution < 1.29 is 5.11 Å². The van der Waals surface area contributed by atoms with Crippen molar-refractivity contribution in [1.82, 2.24) is 15.5 Å². The fraction of sp³-hybridized carbons (Fsp3) is 0.737. The van der Waals surface area contributed by atoms with Gasteiger partial charge in [0.25, 0.3) is 0 Å². The molecule has 1 fully saturated rings. The monoisotopic (exact) mass is 366 g/mol. The Morgan fingerprint density at radius 2 is 2.12 bits per heavy atom. The van der Waals surface area contributed by atoms with E-state index in [1.54, 1.807) is 11.3 Å². The topological polar surface area (TPSA) is 59.9 Å². The first-order chi connectivity index (χ1) is 12.0. The molecule has 5 nitrogen and oxygen atoms in total. The molecule has 0 bridgehead atoms. The van der Waals surface area contributed by atoms with E-state index in [2.05, 4.69) is 34.5 Å². The Morgan fingerprint density at radius 1 is 1.36 bits per heavy atom. The van der Waals surface area contributed by atoms with E-state index in [1.807, 2.05) is 24.4 Å². The van der Waals surface area contributed by atoms with Crippen LogP contribution in [0.1, 0.15) is 50.8 Å². The van der Waals surface area contributed by atoms with E-state index in [9.17, 15) is 5.11 Å². The maximum absolute atomic E-state index is 10.6. The molecule has 0 radical (unpaired) electrons. The first kappa shape index (κ1) is 20.2. The average Bonchev–Trinajstić information content (AvgIpc) is 3.16. The lowest BCUT2D eigenvalue weighted by molar-refractivity contribution is 0.0711. The number of hydrogen-bond acceptors (Lipinski definition) is 4. The molecule has 0 saturated heterocycles. The van der Waals surface area contributed by atoms with Crippen LogP contribution in [-0.2, 0) is 5.60 Å². The second-order valence-corrected chi connectivity index (χ2v) is 8.09. The van der Waals surface area contributed by atoms with Gasteiger partial charge in [-0.05, 0) is 45.2 Å². The third kappa shape index (κ3) is 6.60. The summed E-state index contributed by atoms with van der Waals surface area (Å²) in [5, 5.41) is 19.3. The van der Waals surface area contributed by atoms with E-state index in [0.717, 1.165) is 36.5 Å². The van der Waals surface area contributed by atoms with E-state index in [0.29, 0.717) is 6.54 Å². The van der Waals surface area contributed by atoms with Gasteiger partial charge in [-0.1, -0.05) is 25.3 Å². The van der Waals surface area contributed by atoms with Gasteiger partial charge < -0.3 is 20.6 Å². The normalized spacial score (nSPS) is 19.0. The molecule has 3 N–H and O–H groups in total. The number of nitrogens with one attached hydrogen (secondary N) is 2. The van der Waals surface area contributed by atoms with Crippen molar-refractivity contribution in [3.63, 3.8) is 0 Å². The van der Waals surface area contributed by atoms with Crippen molar-refractivity contribution in [2.45, 2.75) is 57.6 Å². The highest BCUT2D eigenvalue weighted by Gasteiger charge is 2.24. The Balaban J connectivity index is 1.81. The van der Waals surface area contributed by atoms with Gasteiger partial charge in [0, 0.05) is 30.6 Å². The van der Waals surface area contributed by atoms with Crippen molar-refractivity contribution in [3.8, 4) is 0 Å². The van der Waals surface area contributed by atoms with Crippen molar-refractivity contribution in [3.05, 3.63) is 22.4 Å². The molecule has 6 heteroatoms. The predicted molar refractivity (Wildman–Crippen MR) is 107 cm³/mol. The summed E-state index contributed by atoms with van der Waals surface area (Å²) >= 11 is 1.57. The van der Waals surface area contributed by atoms with Gasteiger partial charge in [0.05, 0.1) is 6.54 Å². The summed E-state index contributed by atoms with van der Waals surface area (Å²) in [5.74, 6) is 0.774. The summed E-state index contributed by atoms with van der Waals surface area (Å²) in [5.41, 5.74) is -0.921. The largest absolute Gasteiger partial charge is 0.383 e. The maximum Gasteiger partial charge on any atom is 0.191 e. The molecule has 1 aliphatic rings. The van der Waals surface area contributed by atoms with Crippen LogP contribution in [0.25, 0.3) is 0 Å². The van der Waals surface area contributed by atoms with Crippen LogP contribution in [0.5, 0.6) is 0 Å². The van der Waals surface area contributed by atoms with Gasteiger partial charge in [0.1, 0.15) is 5.60 Å². The molecule has 1 atom stereocenters. The number of aliphatic imine (C=N–C) groups is 1. The van der Waals surface area contributed by atoms with Gasteiger partial charge in [-0.2, -0.15) is 0 Å². The van der Waals surface area contributed by atoms with E-state index < -0.39 is 5.60 Å². The fourth-order valence-corrected chi connectivity index (χ4v) is 4.07. The molecule has 1 aliphatic carbocycles. The number of likely N-dealkylation sites (N-methyl/N-ethyl adjacent to an activating group) is 1. The molecular weight excluding hydrogens is 332 g/mol. The molecule has 25 heavy (non-hydrogen) atoms. The van der Waals surface area contributed by atoms with Crippen molar-refractivity contribution in [2.24, 2.45) is 4.99 Å². The van der Waals surface area contributed by atoms with Gasteiger partial charge in [-0.15, -0.1) is 11.3 Å². The third-order valence-electron chi connectivity index (χ3n) is 4.90.